The summed E-state index contributed by atoms with van der Waals surface area (Å²) in [5, 5.41) is 0.582. The van der Waals surface area contributed by atoms with Gasteiger partial charge in [0.25, 0.3) is 0 Å². The predicted molar refractivity (Wildman–Crippen MR) is 105 cm³/mol. The molecule has 0 spiro atoms. The Morgan fingerprint density at radius 1 is 1.10 bits per heavy atom. The normalized spacial score (nSPS) is 11.4. The first-order chi connectivity index (χ1) is 13.8. The van der Waals surface area contributed by atoms with E-state index in [9.17, 15) is 18.0 Å². The molecule has 1 aromatic heterocycles. The van der Waals surface area contributed by atoms with Gasteiger partial charge in [-0.1, -0.05) is 17.7 Å². The largest absolute Gasteiger partial charge is 0.497 e. The first-order valence-electron chi connectivity index (χ1n) is 8.61. The molecule has 0 bridgehead atoms. The summed E-state index contributed by atoms with van der Waals surface area (Å²) in [6.45, 7) is 1.09. The summed E-state index contributed by atoms with van der Waals surface area (Å²) in [5.74, 6) is -0.268. The van der Waals surface area contributed by atoms with E-state index in [-0.39, 0.29) is 11.5 Å². The second-order valence-corrected chi connectivity index (χ2v) is 8.02. The number of esters is 1. The molecule has 29 heavy (non-hydrogen) atoms. The van der Waals surface area contributed by atoms with Crippen LogP contribution in [0.15, 0.2) is 62.6 Å². The highest BCUT2D eigenvalue weighted by atomic mass is 32.2. The van der Waals surface area contributed by atoms with Crippen molar-refractivity contribution < 1.29 is 27.1 Å². The van der Waals surface area contributed by atoms with Crippen LogP contribution >= 0.6 is 0 Å². The molecule has 0 radical (unpaired) electrons. The van der Waals surface area contributed by atoms with Gasteiger partial charge in [0.2, 0.25) is 10.0 Å². The standard InChI is InChI=1S/C20H19NO7S/c1-13-3-6-16(7-4-13)29(24,25)21-11-20(23)27-12-14-9-19(22)28-18-10-15(26-2)5-8-17(14)18/h3-10,21H,11-12H2,1-2H3. The van der Waals surface area contributed by atoms with Crippen molar-refractivity contribution in [3.63, 3.8) is 0 Å². The van der Waals surface area contributed by atoms with Crippen molar-refractivity contribution in [2.24, 2.45) is 0 Å². The number of carbonyl (C=O) groups excluding carboxylic acids is 1. The highest BCUT2D eigenvalue weighted by molar-refractivity contribution is 7.89. The van der Waals surface area contributed by atoms with Gasteiger partial charge < -0.3 is 13.9 Å². The Bertz CT molecular complexity index is 1200. The topological polar surface area (TPSA) is 112 Å². The first-order valence-corrected chi connectivity index (χ1v) is 10.1. The van der Waals surface area contributed by atoms with Gasteiger partial charge >= 0.3 is 11.6 Å². The lowest BCUT2D eigenvalue weighted by atomic mass is 10.1. The summed E-state index contributed by atoms with van der Waals surface area (Å²) in [6.07, 6.45) is 0. The van der Waals surface area contributed by atoms with Gasteiger partial charge in [-0.15, -0.1) is 0 Å². The van der Waals surface area contributed by atoms with Crippen LogP contribution in [0.4, 0.5) is 0 Å². The molecule has 9 heteroatoms. The number of hydrogen-bond donors (Lipinski definition) is 1. The van der Waals surface area contributed by atoms with Crippen molar-refractivity contribution in [3.8, 4) is 5.75 Å². The van der Waals surface area contributed by atoms with Crippen LogP contribution in [-0.4, -0.2) is 28.0 Å². The number of benzene rings is 2. The first kappa shape index (κ1) is 20.6. The van der Waals surface area contributed by atoms with Crippen molar-refractivity contribution >= 4 is 27.0 Å². The van der Waals surface area contributed by atoms with Crippen molar-refractivity contribution in [2.45, 2.75) is 18.4 Å². The van der Waals surface area contributed by atoms with Crippen LogP contribution < -0.4 is 15.1 Å². The zero-order valence-electron chi connectivity index (χ0n) is 15.8. The third-order valence-corrected chi connectivity index (χ3v) is 5.58. The lowest BCUT2D eigenvalue weighted by molar-refractivity contribution is -0.143. The number of sulfonamides is 1. The smallest absolute Gasteiger partial charge is 0.336 e. The Balaban J connectivity index is 1.66. The van der Waals surface area contributed by atoms with E-state index in [4.69, 9.17) is 13.9 Å². The number of rotatable bonds is 7. The minimum Gasteiger partial charge on any atom is -0.497 e. The molecule has 0 amide bonds. The van der Waals surface area contributed by atoms with Crippen molar-refractivity contribution in [1.82, 2.24) is 4.72 Å². The fourth-order valence-corrected chi connectivity index (χ4v) is 3.59. The van der Waals surface area contributed by atoms with Gasteiger partial charge in [0.05, 0.1) is 12.0 Å². The summed E-state index contributed by atoms with van der Waals surface area (Å²) < 4.78 is 42.0. The molecule has 8 nitrogen and oxygen atoms in total. The van der Waals surface area contributed by atoms with E-state index in [0.29, 0.717) is 22.3 Å². The molecule has 0 aliphatic rings. The molecule has 1 heterocycles. The summed E-state index contributed by atoms with van der Waals surface area (Å²) in [5.41, 5.74) is 1.05. The van der Waals surface area contributed by atoms with E-state index in [0.717, 1.165) is 5.56 Å². The Morgan fingerprint density at radius 3 is 2.52 bits per heavy atom. The quantitative estimate of drug-likeness (QED) is 0.463. The number of hydrogen-bond acceptors (Lipinski definition) is 7. The number of fused-ring (bicyclic) bond motifs is 1. The number of nitrogens with one attached hydrogen (secondary N) is 1. The van der Waals surface area contributed by atoms with Crippen LogP contribution in [0, 0.1) is 6.92 Å². The maximum Gasteiger partial charge on any atom is 0.336 e. The number of methoxy groups -OCH3 is 1. The second kappa shape index (κ2) is 8.46. The van der Waals surface area contributed by atoms with Gasteiger partial charge in [-0.3, -0.25) is 4.79 Å². The molecule has 0 unspecified atom stereocenters. The minimum absolute atomic E-state index is 0.0523. The number of aryl methyl sites for hydroxylation is 1. The maximum atomic E-state index is 12.2. The highest BCUT2D eigenvalue weighted by Crippen LogP contribution is 2.23. The van der Waals surface area contributed by atoms with E-state index in [1.807, 2.05) is 6.92 Å². The molecule has 0 aliphatic carbocycles. The summed E-state index contributed by atoms with van der Waals surface area (Å²) in [4.78, 5) is 23.8. The van der Waals surface area contributed by atoms with Crippen LogP contribution in [0.25, 0.3) is 11.0 Å². The van der Waals surface area contributed by atoms with Gasteiger partial charge in [0, 0.05) is 23.1 Å². The van der Waals surface area contributed by atoms with E-state index in [1.54, 1.807) is 30.3 Å². The third-order valence-electron chi connectivity index (χ3n) is 4.16. The van der Waals surface area contributed by atoms with Crippen LogP contribution in [-0.2, 0) is 26.2 Å². The average Bonchev–Trinajstić information content (AvgIpc) is 2.70. The Hall–Kier alpha value is -3.17. The summed E-state index contributed by atoms with van der Waals surface area (Å²) in [7, 11) is -2.35. The van der Waals surface area contributed by atoms with Crippen molar-refractivity contribution in [1.29, 1.82) is 0 Å². The molecule has 2 aromatic carbocycles. The van der Waals surface area contributed by atoms with Gasteiger partial charge in [0.1, 0.15) is 24.5 Å². The van der Waals surface area contributed by atoms with Crippen LogP contribution in [0.2, 0.25) is 0 Å². The molecule has 3 aromatic rings. The fraction of sp³-hybridized carbons (Fsp3) is 0.200. The lowest BCUT2D eigenvalue weighted by Crippen LogP contribution is -2.30. The predicted octanol–water partition coefficient (Wildman–Crippen LogP) is 2.13. The van der Waals surface area contributed by atoms with Crippen LogP contribution in [0.1, 0.15) is 11.1 Å². The van der Waals surface area contributed by atoms with Crippen molar-refractivity contribution in [3.05, 3.63) is 70.1 Å². The number of carbonyl (C=O) groups is 1. The van der Waals surface area contributed by atoms with E-state index in [2.05, 4.69) is 4.72 Å². The van der Waals surface area contributed by atoms with E-state index in [1.165, 1.54) is 25.3 Å². The van der Waals surface area contributed by atoms with Crippen molar-refractivity contribution in [2.75, 3.05) is 13.7 Å². The second-order valence-electron chi connectivity index (χ2n) is 6.25. The molecular weight excluding hydrogens is 398 g/mol. The molecule has 0 aliphatic heterocycles. The van der Waals surface area contributed by atoms with Gasteiger partial charge in [-0.25, -0.2) is 13.2 Å². The zero-order chi connectivity index (χ0) is 21.0. The molecule has 0 fully saturated rings. The van der Waals surface area contributed by atoms with E-state index >= 15 is 0 Å². The van der Waals surface area contributed by atoms with Gasteiger partial charge in [-0.05, 0) is 31.2 Å². The third kappa shape index (κ3) is 5.01. The SMILES string of the molecule is COc1ccc2c(COC(=O)CNS(=O)(=O)c3ccc(C)cc3)cc(=O)oc2c1. The minimum atomic E-state index is -3.83. The summed E-state index contributed by atoms with van der Waals surface area (Å²) in [6, 6.07) is 12.4. The molecular formula is C20H19NO7S. The zero-order valence-corrected chi connectivity index (χ0v) is 16.6. The summed E-state index contributed by atoms with van der Waals surface area (Å²) >= 11 is 0. The molecule has 0 saturated heterocycles. The molecule has 152 valence electrons. The monoisotopic (exact) mass is 417 g/mol. The Morgan fingerprint density at radius 2 is 1.83 bits per heavy atom. The van der Waals surface area contributed by atoms with Crippen LogP contribution in [0.5, 0.6) is 5.75 Å². The molecule has 1 N–H and O–H groups in total. The average molecular weight is 417 g/mol. The van der Waals surface area contributed by atoms with E-state index < -0.39 is 28.2 Å². The highest BCUT2D eigenvalue weighted by Gasteiger charge is 2.16. The van der Waals surface area contributed by atoms with Gasteiger partial charge in [-0.2, -0.15) is 4.72 Å². The Labute approximate surface area is 167 Å². The fourth-order valence-electron chi connectivity index (χ4n) is 2.62. The maximum absolute atomic E-state index is 12.2. The van der Waals surface area contributed by atoms with Crippen LogP contribution in [0.3, 0.4) is 0 Å². The van der Waals surface area contributed by atoms with Gasteiger partial charge in [0.15, 0.2) is 0 Å². The lowest BCUT2D eigenvalue weighted by Gasteiger charge is -2.09. The molecule has 0 saturated carbocycles. The number of ether oxygens (including phenoxy) is 2. The molecule has 3 rings (SSSR count). The Kier molecular flexibility index (Phi) is 6.00. The molecule has 0 atom stereocenters.